The molecule has 0 radical (unpaired) electrons. The van der Waals surface area contributed by atoms with Crippen LogP contribution in [0.2, 0.25) is 0 Å². The zero-order valence-electron chi connectivity index (χ0n) is 19.6. The maximum atomic E-state index is 13.0. The lowest BCUT2D eigenvalue weighted by molar-refractivity contribution is -0.137. The van der Waals surface area contributed by atoms with Crippen molar-refractivity contribution in [2.45, 2.75) is 31.0 Å². The van der Waals surface area contributed by atoms with E-state index in [0.717, 1.165) is 22.0 Å². The number of halogens is 3. The minimum Gasteiger partial charge on any atom is -0.369 e. The fraction of sp³-hybridized carbons (Fsp3) is 0.435. The molecule has 1 aliphatic heterocycles. The number of nitrogens with one attached hydrogen (secondary N) is 1. The smallest absolute Gasteiger partial charge is 0.369 e. The number of aryl methyl sites for hydroxylation is 1. The second kappa shape index (κ2) is 9.93. The van der Waals surface area contributed by atoms with Gasteiger partial charge in [-0.2, -0.15) is 13.2 Å². The highest BCUT2D eigenvalue weighted by atomic mass is 32.2. The molecule has 1 saturated heterocycles. The number of anilines is 2. The highest BCUT2D eigenvalue weighted by molar-refractivity contribution is 7.89. The molecule has 2 aromatic rings. The standard InChI is InChI=1S/C23H29F3N4O3S/c1-16-8-9-20(34(32,33)28(3)4)15-21(16)27-22(31)17(2)29-10-12-30(13-11-29)19-7-5-6-18(14-19)23(24,25)26/h5-9,14-15,17H,10-13H2,1-4H3,(H,27,31)/t17-/m1/s1. The molecule has 7 nitrogen and oxygen atoms in total. The number of amides is 1. The topological polar surface area (TPSA) is 73.0 Å². The lowest BCUT2D eigenvalue weighted by atomic mass is 10.1. The summed E-state index contributed by atoms with van der Waals surface area (Å²) in [6.45, 7) is 5.49. The third-order valence-corrected chi connectivity index (χ3v) is 7.84. The van der Waals surface area contributed by atoms with Crippen LogP contribution in [0.3, 0.4) is 0 Å². The quantitative estimate of drug-likeness (QED) is 0.661. The maximum Gasteiger partial charge on any atom is 0.416 e. The summed E-state index contributed by atoms with van der Waals surface area (Å²) in [5.74, 6) is -0.282. The van der Waals surface area contributed by atoms with Crippen LogP contribution in [-0.2, 0) is 21.0 Å². The first-order valence-corrected chi connectivity index (χ1v) is 12.2. The molecule has 0 aliphatic carbocycles. The number of carbonyl (C=O) groups excluding carboxylic acids is 1. The zero-order chi connectivity index (χ0) is 25.3. The first-order valence-electron chi connectivity index (χ1n) is 10.8. The van der Waals surface area contributed by atoms with Crippen LogP contribution in [0, 0.1) is 6.92 Å². The van der Waals surface area contributed by atoms with Crippen LogP contribution in [-0.4, -0.2) is 69.8 Å². The summed E-state index contributed by atoms with van der Waals surface area (Å²) in [6.07, 6.45) is -4.40. The predicted molar refractivity (Wildman–Crippen MR) is 125 cm³/mol. The number of piperazine rings is 1. The van der Waals surface area contributed by atoms with E-state index in [0.29, 0.717) is 37.6 Å². The summed E-state index contributed by atoms with van der Waals surface area (Å²) in [6, 6.07) is 9.32. The van der Waals surface area contributed by atoms with E-state index in [-0.39, 0.29) is 10.8 Å². The van der Waals surface area contributed by atoms with Crippen molar-refractivity contribution in [3.63, 3.8) is 0 Å². The monoisotopic (exact) mass is 498 g/mol. The van der Waals surface area contributed by atoms with Crippen molar-refractivity contribution < 1.29 is 26.4 Å². The second-order valence-corrected chi connectivity index (χ2v) is 10.7. The van der Waals surface area contributed by atoms with E-state index in [4.69, 9.17) is 0 Å². The number of hydrogen-bond acceptors (Lipinski definition) is 5. The van der Waals surface area contributed by atoms with E-state index in [2.05, 4.69) is 5.32 Å². The van der Waals surface area contributed by atoms with Gasteiger partial charge in [0, 0.05) is 51.6 Å². The molecule has 3 rings (SSSR count). The minimum atomic E-state index is -4.40. The molecule has 0 bridgehead atoms. The van der Waals surface area contributed by atoms with Crippen molar-refractivity contribution in [2.75, 3.05) is 50.5 Å². The van der Waals surface area contributed by atoms with Gasteiger partial charge in [0.15, 0.2) is 0 Å². The van der Waals surface area contributed by atoms with Gasteiger partial charge < -0.3 is 10.2 Å². The summed E-state index contributed by atoms with van der Waals surface area (Å²) in [7, 11) is -0.764. The van der Waals surface area contributed by atoms with E-state index in [1.165, 1.54) is 32.3 Å². The fourth-order valence-corrected chi connectivity index (χ4v) is 4.68. The Balaban J connectivity index is 1.65. The number of nitrogens with zero attached hydrogens (tertiary/aromatic N) is 3. The fourth-order valence-electron chi connectivity index (χ4n) is 3.76. The molecule has 2 aromatic carbocycles. The molecule has 186 valence electrons. The highest BCUT2D eigenvalue weighted by Gasteiger charge is 2.32. The average molecular weight is 499 g/mol. The van der Waals surface area contributed by atoms with Gasteiger partial charge in [-0.15, -0.1) is 0 Å². The third-order valence-electron chi connectivity index (χ3n) is 6.03. The molecule has 11 heteroatoms. The van der Waals surface area contributed by atoms with Crippen LogP contribution >= 0.6 is 0 Å². The molecule has 1 amide bonds. The van der Waals surface area contributed by atoms with Gasteiger partial charge in [0.05, 0.1) is 16.5 Å². The van der Waals surface area contributed by atoms with Gasteiger partial charge in [0.2, 0.25) is 15.9 Å². The largest absolute Gasteiger partial charge is 0.416 e. The Hall–Kier alpha value is -2.63. The molecule has 1 atom stereocenters. The second-order valence-electron chi connectivity index (χ2n) is 8.50. The van der Waals surface area contributed by atoms with E-state index < -0.39 is 27.8 Å². The molecule has 1 aliphatic rings. The molecule has 0 unspecified atom stereocenters. The van der Waals surface area contributed by atoms with Gasteiger partial charge in [0.1, 0.15) is 0 Å². The number of benzene rings is 2. The molecule has 0 aromatic heterocycles. The van der Waals surface area contributed by atoms with Crippen LogP contribution in [0.4, 0.5) is 24.5 Å². The molecule has 0 saturated carbocycles. The summed E-state index contributed by atoms with van der Waals surface area (Å²) in [5, 5.41) is 2.82. The Bertz CT molecular complexity index is 1140. The van der Waals surface area contributed by atoms with Gasteiger partial charge in [-0.05, 0) is 49.7 Å². The first kappa shape index (κ1) is 26.0. The van der Waals surface area contributed by atoms with Crippen molar-refractivity contribution >= 4 is 27.3 Å². The lowest BCUT2D eigenvalue weighted by Crippen LogP contribution is -2.52. The van der Waals surface area contributed by atoms with Crippen molar-refractivity contribution in [2.24, 2.45) is 0 Å². The number of hydrogen-bond donors (Lipinski definition) is 1. The number of carbonyl (C=O) groups is 1. The number of sulfonamides is 1. The van der Waals surface area contributed by atoms with Crippen molar-refractivity contribution in [3.05, 3.63) is 53.6 Å². The van der Waals surface area contributed by atoms with E-state index in [9.17, 15) is 26.4 Å². The Morgan fingerprint density at radius 3 is 2.29 bits per heavy atom. The molecular formula is C23H29F3N4O3S. The van der Waals surface area contributed by atoms with Gasteiger partial charge >= 0.3 is 6.18 Å². The molecule has 0 spiro atoms. The summed E-state index contributed by atoms with van der Waals surface area (Å²) in [4.78, 5) is 16.8. The van der Waals surface area contributed by atoms with E-state index >= 15 is 0 Å². The minimum absolute atomic E-state index is 0.0840. The predicted octanol–water partition coefficient (Wildman–Crippen LogP) is 3.41. The Kier molecular flexibility index (Phi) is 7.59. The lowest BCUT2D eigenvalue weighted by Gasteiger charge is -2.38. The molecule has 34 heavy (non-hydrogen) atoms. The summed E-state index contributed by atoms with van der Waals surface area (Å²) < 4.78 is 65.0. The van der Waals surface area contributed by atoms with Crippen LogP contribution in [0.1, 0.15) is 18.1 Å². The maximum absolute atomic E-state index is 13.0. The average Bonchev–Trinajstić information content (AvgIpc) is 2.79. The normalized spacial score (nSPS) is 16.5. The molecule has 1 heterocycles. The van der Waals surface area contributed by atoms with Crippen molar-refractivity contribution in [1.29, 1.82) is 0 Å². The molecule has 1 N–H and O–H groups in total. The zero-order valence-corrected chi connectivity index (χ0v) is 20.4. The highest BCUT2D eigenvalue weighted by Crippen LogP contribution is 2.32. The Morgan fingerprint density at radius 1 is 1.06 bits per heavy atom. The van der Waals surface area contributed by atoms with Crippen molar-refractivity contribution in [3.8, 4) is 0 Å². The Labute approximate surface area is 198 Å². The van der Waals surface area contributed by atoms with Gasteiger partial charge in [-0.1, -0.05) is 12.1 Å². The van der Waals surface area contributed by atoms with E-state index in [1.807, 2.05) is 9.80 Å². The molecular weight excluding hydrogens is 469 g/mol. The number of rotatable bonds is 6. The van der Waals surface area contributed by atoms with Gasteiger partial charge in [0.25, 0.3) is 0 Å². The van der Waals surface area contributed by atoms with Crippen LogP contribution in [0.15, 0.2) is 47.4 Å². The molecule has 1 fully saturated rings. The SMILES string of the molecule is Cc1ccc(S(=O)(=O)N(C)C)cc1NC(=O)[C@@H](C)N1CCN(c2cccc(C(F)(F)F)c2)CC1. The van der Waals surface area contributed by atoms with Gasteiger partial charge in [-0.3, -0.25) is 9.69 Å². The first-order chi connectivity index (χ1) is 15.8. The van der Waals surface area contributed by atoms with Crippen LogP contribution in [0.5, 0.6) is 0 Å². The number of alkyl halides is 3. The van der Waals surface area contributed by atoms with Crippen molar-refractivity contribution in [1.82, 2.24) is 9.21 Å². The Morgan fingerprint density at radius 2 is 1.71 bits per heavy atom. The van der Waals surface area contributed by atoms with E-state index in [1.54, 1.807) is 26.0 Å². The van der Waals surface area contributed by atoms with Gasteiger partial charge in [-0.25, -0.2) is 12.7 Å². The summed E-state index contributed by atoms with van der Waals surface area (Å²) >= 11 is 0. The van der Waals surface area contributed by atoms with Crippen LogP contribution in [0.25, 0.3) is 0 Å². The summed E-state index contributed by atoms with van der Waals surface area (Å²) in [5.41, 5.74) is 0.963. The van der Waals surface area contributed by atoms with Crippen LogP contribution < -0.4 is 10.2 Å². The third kappa shape index (κ3) is 5.70.